The lowest BCUT2D eigenvalue weighted by atomic mass is 9.96. The highest BCUT2D eigenvalue weighted by atomic mass is 16.6. The fourth-order valence-electron chi connectivity index (χ4n) is 2.30. The highest BCUT2D eigenvalue weighted by Crippen LogP contribution is 2.24. The van der Waals surface area contributed by atoms with Crippen molar-refractivity contribution in [1.29, 1.82) is 0 Å². The number of carbonyl (C=O) groups excluding carboxylic acids is 2. The van der Waals surface area contributed by atoms with Crippen LogP contribution in [-0.2, 0) is 19.1 Å². The standard InChI is InChI=1S/C12H22O2.C11H20O2/c1-6-8-9-12(5,7-2)14-11(13)10(3)4;1-5-8-9-11(4,7-3)13-10(12)6-2/h3,6-9H2,1-2,4-5H3;6H,2,5,7-9H2,1,3-4H3. The maximum absolute atomic E-state index is 11.4. The van der Waals surface area contributed by atoms with Crippen LogP contribution in [0.15, 0.2) is 24.8 Å². The summed E-state index contributed by atoms with van der Waals surface area (Å²) in [5.74, 6) is -0.592. The molecule has 0 aliphatic carbocycles. The van der Waals surface area contributed by atoms with Gasteiger partial charge in [-0.1, -0.05) is 53.7 Å². The molecule has 0 aromatic rings. The second kappa shape index (κ2) is 14.5. The Balaban J connectivity index is 0. The summed E-state index contributed by atoms with van der Waals surface area (Å²) in [7, 11) is 0. The number of esters is 2. The molecule has 0 aromatic carbocycles. The van der Waals surface area contributed by atoms with Gasteiger partial charge in [-0.2, -0.15) is 0 Å². The summed E-state index contributed by atoms with van der Waals surface area (Å²) < 4.78 is 10.7. The van der Waals surface area contributed by atoms with E-state index in [1.807, 2.05) is 27.7 Å². The average molecular weight is 383 g/mol. The van der Waals surface area contributed by atoms with Gasteiger partial charge in [-0.3, -0.25) is 0 Å². The van der Waals surface area contributed by atoms with Gasteiger partial charge in [0.1, 0.15) is 11.2 Å². The quantitative estimate of drug-likeness (QED) is 0.284. The summed E-state index contributed by atoms with van der Waals surface area (Å²) in [6.07, 6.45) is 9.22. The molecule has 0 N–H and O–H groups in total. The lowest BCUT2D eigenvalue weighted by molar-refractivity contribution is -0.154. The molecule has 2 atom stereocenters. The minimum absolute atomic E-state index is 0.273. The number of ether oxygens (including phenoxy) is 2. The molecule has 0 radical (unpaired) electrons. The third kappa shape index (κ3) is 13.3. The van der Waals surface area contributed by atoms with Crippen molar-refractivity contribution >= 4 is 11.9 Å². The molecule has 0 bridgehead atoms. The average Bonchev–Trinajstić information content (AvgIpc) is 2.65. The number of hydrogen-bond donors (Lipinski definition) is 0. The Bertz CT molecular complexity index is 469. The van der Waals surface area contributed by atoms with Crippen molar-refractivity contribution in [2.45, 2.75) is 111 Å². The van der Waals surface area contributed by atoms with Crippen LogP contribution in [0, 0.1) is 0 Å². The van der Waals surface area contributed by atoms with Crippen molar-refractivity contribution in [3.8, 4) is 0 Å². The van der Waals surface area contributed by atoms with E-state index in [0.717, 1.165) is 51.4 Å². The third-order valence-corrected chi connectivity index (χ3v) is 4.82. The zero-order valence-corrected chi connectivity index (χ0v) is 18.8. The molecule has 0 rings (SSSR count). The number of rotatable bonds is 12. The molecule has 27 heavy (non-hydrogen) atoms. The molecule has 158 valence electrons. The summed E-state index contributed by atoms with van der Waals surface area (Å²) in [4.78, 5) is 22.4. The van der Waals surface area contributed by atoms with Gasteiger partial charge < -0.3 is 9.47 Å². The summed E-state index contributed by atoms with van der Waals surface area (Å²) in [6.45, 7) is 21.0. The van der Waals surface area contributed by atoms with E-state index in [4.69, 9.17) is 9.47 Å². The van der Waals surface area contributed by atoms with Crippen LogP contribution in [0.1, 0.15) is 99.8 Å². The second-order valence-electron chi connectivity index (χ2n) is 7.61. The Labute approximate surface area is 167 Å². The van der Waals surface area contributed by atoms with Gasteiger partial charge in [0.05, 0.1) is 0 Å². The Morgan fingerprint density at radius 3 is 1.59 bits per heavy atom. The first kappa shape index (κ1) is 27.6. The van der Waals surface area contributed by atoms with E-state index in [2.05, 4.69) is 27.0 Å². The predicted molar refractivity (Wildman–Crippen MR) is 114 cm³/mol. The zero-order chi connectivity index (χ0) is 21.5. The number of carbonyl (C=O) groups is 2. The van der Waals surface area contributed by atoms with Crippen LogP contribution in [0.2, 0.25) is 0 Å². The van der Waals surface area contributed by atoms with Crippen LogP contribution < -0.4 is 0 Å². The van der Waals surface area contributed by atoms with Gasteiger partial charge in [0.25, 0.3) is 0 Å². The van der Waals surface area contributed by atoms with Crippen LogP contribution in [0.3, 0.4) is 0 Å². The van der Waals surface area contributed by atoms with Crippen molar-refractivity contribution in [2.75, 3.05) is 0 Å². The lowest BCUT2D eigenvalue weighted by Crippen LogP contribution is -2.31. The van der Waals surface area contributed by atoms with Crippen molar-refractivity contribution < 1.29 is 19.1 Å². The first-order valence-electron chi connectivity index (χ1n) is 10.3. The van der Waals surface area contributed by atoms with E-state index in [1.54, 1.807) is 6.92 Å². The minimum Gasteiger partial charge on any atom is -0.456 e. The van der Waals surface area contributed by atoms with Crippen molar-refractivity contribution in [3.05, 3.63) is 24.8 Å². The highest BCUT2D eigenvalue weighted by Gasteiger charge is 2.26. The van der Waals surface area contributed by atoms with Crippen molar-refractivity contribution in [2.24, 2.45) is 0 Å². The summed E-state index contributed by atoms with van der Waals surface area (Å²) in [5, 5.41) is 0. The van der Waals surface area contributed by atoms with Crippen LogP contribution >= 0.6 is 0 Å². The van der Waals surface area contributed by atoms with Gasteiger partial charge in [0.15, 0.2) is 0 Å². The maximum Gasteiger partial charge on any atom is 0.333 e. The maximum atomic E-state index is 11.4. The van der Waals surface area contributed by atoms with Gasteiger partial charge in [0.2, 0.25) is 0 Å². The van der Waals surface area contributed by atoms with Crippen LogP contribution in [-0.4, -0.2) is 23.1 Å². The molecular weight excluding hydrogens is 340 g/mol. The third-order valence-electron chi connectivity index (χ3n) is 4.82. The Hall–Kier alpha value is -1.58. The molecule has 0 aliphatic heterocycles. The minimum atomic E-state index is -0.319. The fourth-order valence-corrected chi connectivity index (χ4v) is 2.30. The van der Waals surface area contributed by atoms with E-state index >= 15 is 0 Å². The summed E-state index contributed by atoms with van der Waals surface area (Å²) in [6, 6.07) is 0. The van der Waals surface area contributed by atoms with Crippen LogP contribution in [0.25, 0.3) is 0 Å². The van der Waals surface area contributed by atoms with E-state index in [0.29, 0.717) is 5.57 Å². The SMILES string of the molecule is C=C(C)C(=O)OC(C)(CC)CCCC.C=CC(=O)OC(C)(CC)CCCC. The summed E-state index contributed by atoms with van der Waals surface area (Å²) >= 11 is 0. The van der Waals surface area contributed by atoms with Gasteiger partial charge in [-0.25, -0.2) is 9.59 Å². The summed E-state index contributed by atoms with van der Waals surface area (Å²) in [5.41, 5.74) is -0.144. The van der Waals surface area contributed by atoms with Gasteiger partial charge in [0, 0.05) is 11.6 Å². The molecule has 0 spiro atoms. The van der Waals surface area contributed by atoms with E-state index < -0.39 is 0 Å². The van der Waals surface area contributed by atoms with E-state index in [-0.39, 0.29) is 23.1 Å². The number of hydrogen-bond acceptors (Lipinski definition) is 4. The molecule has 0 heterocycles. The fraction of sp³-hybridized carbons (Fsp3) is 0.739. The molecule has 0 fully saturated rings. The predicted octanol–water partition coefficient (Wildman–Crippen LogP) is 6.54. The molecular formula is C23H42O4. The van der Waals surface area contributed by atoms with Crippen molar-refractivity contribution in [3.63, 3.8) is 0 Å². The highest BCUT2D eigenvalue weighted by molar-refractivity contribution is 5.87. The molecule has 0 saturated carbocycles. The Kier molecular flexibility index (Phi) is 14.8. The molecule has 4 heteroatoms. The van der Waals surface area contributed by atoms with Gasteiger partial charge in [-0.05, 0) is 59.3 Å². The molecule has 0 aliphatic rings. The second-order valence-corrected chi connectivity index (χ2v) is 7.61. The van der Waals surface area contributed by atoms with E-state index in [1.165, 1.54) is 6.08 Å². The molecule has 0 amide bonds. The van der Waals surface area contributed by atoms with Gasteiger partial charge >= 0.3 is 11.9 Å². The molecule has 0 saturated heterocycles. The molecule has 2 unspecified atom stereocenters. The molecule has 0 aromatic heterocycles. The van der Waals surface area contributed by atoms with E-state index in [9.17, 15) is 9.59 Å². The Morgan fingerprint density at radius 2 is 1.30 bits per heavy atom. The monoisotopic (exact) mass is 382 g/mol. The lowest BCUT2D eigenvalue weighted by Gasteiger charge is -2.28. The topological polar surface area (TPSA) is 52.6 Å². The first-order chi connectivity index (χ1) is 12.5. The normalized spacial score (nSPS) is 14.6. The van der Waals surface area contributed by atoms with Crippen LogP contribution in [0.4, 0.5) is 0 Å². The Morgan fingerprint density at radius 1 is 0.889 bits per heavy atom. The zero-order valence-electron chi connectivity index (χ0n) is 18.8. The first-order valence-corrected chi connectivity index (χ1v) is 10.3. The number of unbranched alkanes of at least 4 members (excludes halogenated alkanes) is 2. The largest absolute Gasteiger partial charge is 0.456 e. The van der Waals surface area contributed by atoms with Gasteiger partial charge in [-0.15, -0.1) is 0 Å². The molecule has 4 nitrogen and oxygen atoms in total. The van der Waals surface area contributed by atoms with Crippen molar-refractivity contribution in [1.82, 2.24) is 0 Å². The van der Waals surface area contributed by atoms with Crippen LogP contribution in [0.5, 0.6) is 0 Å². The smallest absolute Gasteiger partial charge is 0.333 e.